The summed E-state index contributed by atoms with van der Waals surface area (Å²) < 4.78 is 0. The highest BCUT2D eigenvalue weighted by Crippen LogP contribution is 2.35. The summed E-state index contributed by atoms with van der Waals surface area (Å²) >= 11 is 0. The molecule has 104 valence electrons. The van der Waals surface area contributed by atoms with Crippen LogP contribution in [-0.2, 0) is 4.79 Å². The van der Waals surface area contributed by atoms with Gasteiger partial charge in [0, 0.05) is 26.1 Å². The minimum Gasteiger partial charge on any atom is -0.511 e. The van der Waals surface area contributed by atoms with Gasteiger partial charge >= 0.3 is 0 Å². The van der Waals surface area contributed by atoms with E-state index < -0.39 is 0 Å². The molecule has 4 heteroatoms. The monoisotopic (exact) mass is 262 g/mol. The van der Waals surface area contributed by atoms with Crippen LogP contribution in [0.25, 0.3) is 0 Å². The molecule has 0 saturated carbocycles. The van der Waals surface area contributed by atoms with Crippen molar-refractivity contribution in [3.8, 4) is 0 Å². The molecule has 1 aliphatic rings. The molecule has 0 aromatic heterocycles. The number of hydrogen-bond acceptors (Lipinski definition) is 3. The molecule has 0 unspecified atom stereocenters. The second kappa shape index (κ2) is 5.95. The molecule has 0 amide bonds. The Balaban J connectivity index is 2.99. The van der Waals surface area contributed by atoms with Gasteiger partial charge in [-0.3, -0.25) is 9.79 Å². The summed E-state index contributed by atoms with van der Waals surface area (Å²) in [5.41, 5.74) is 0.916. The Bertz CT molecular complexity index is 482. The summed E-state index contributed by atoms with van der Waals surface area (Å²) in [7, 11) is 1.63. The van der Waals surface area contributed by atoms with Crippen LogP contribution in [0.15, 0.2) is 33.5 Å². The summed E-state index contributed by atoms with van der Waals surface area (Å²) in [4.78, 5) is 20.2. The SMILES string of the molecule is C=C(CC)C(N=CC1=C(O)CC(C)(C)CC1=O)=NC. The maximum atomic E-state index is 12.0. The molecular formula is C15H22N2O2. The second-order valence-electron chi connectivity index (χ2n) is 5.56. The molecule has 1 N–H and O–H groups in total. The van der Waals surface area contributed by atoms with E-state index in [1.54, 1.807) is 7.05 Å². The Morgan fingerprint density at radius 2 is 2.11 bits per heavy atom. The van der Waals surface area contributed by atoms with Gasteiger partial charge in [-0.05, 0) is 17.4 Å². The zero-order valence-corrected chi connectivity index (χ0v) is 12.2. The molecule has 0 aromatic rings. The Morgan fingerprint density at radius 3 is 2.58 bits per heavy atom. The van der Waals surface area contributed by atoms with E-state index in [-0.39, 0.29) is 17.0 Å². The van der Waals surface area contributed by atoms with Crippen molar-refractivity contribution in [1.29, 1.82) is 0 Å². The highest BCUT2D eigenvalue weighted by atomic mass is 16.3. The molecule has 1 rings (SSSR count). The first kappa shape index (κ1) is 15.3. The average molecular weight is 262 g/mol. The lowest BCUT2D eigenvalue weighted by Crippen LogP contribution is -2.26. The Labute approximate surface area is 114 Å². The molecule has 4 nitrogen and oxygen atoms in total. The van der Waals surface area contributed by atoms with Gasteiger partial charge in [-0.25, -0.2) is 4.99 Å². The largest absolute Gasteiger partial charge is 0.511 e. The number of nitrogens with zero attached hydrogens (tertiary/aromatic N) is 2. The Kier molecular flexibility index (Phi) is 4.81. The first-order chi connectivity index (χ1) is 8.80. The minimum absolute atomic E-state index is 0.0740. The van der Waals surface area contributed by atoms with Crippen LogP contribution in [0, 0.1) is 5.41 Å². The molecule has 0 radical (unpaired) electrons. The predicted molar refractivity (Wildman–Crippen MR) is 79.0 cm³/mol. The number of amidine groups is 1. The molecule has 0 heterocycles. The molecule has 0 fully saturated rings. The van der Waals surface area contributed by atoms with Gasteiger partial charge in [0.15, 0.2) is 5.78 Å². The van der Waals surface area contributed by atoms with E-state index in [0.29, 0.717) is 24.3 Å². The number of aliphatic imine (C=N–C) groups is 2. The molecule has 0 saturated heterocycles. The maximum Gasteiger partial charge on any atom is 0.168 e. The van der Waals surface area contributed by atoms with E-state index in [2.05, 4.69) is 16.6 Å². The third-order valence-electron chi connectivity index (χ3n) is 3.17. The maximum absolute atomic E-state index is 12.0. The first-order valence-corrected chi connectivity index (χ1v) is 6.45. The van der Waals surface area contributed by atoms with Gasteiger partial charge < -0.3 is 5.11 Å². The lowest BCUT2D eigenvalue weighted by atomic mass is 9.77. The number of aliphatic hydroxyl groups is 1. The second-order valence-corrected chi connectivity index (χ2v) is 5.56. The normalized spacial score (nSPS) is 20.2. The van der Waals surface area contributed by atoms with Crippen molar-refractivity contribution in [2.75, 3.05) is 7.05 Å². The number of allylic oxidation sites excluding steroid dienone is 2. The van der Waals surface area contributed by atoms with Crippen LogP contribution in [0.4, 0.5) is 0 Å². The van der Waals surface area contributed by atoms with E-state index >= 15 is 0 Å². The van der Waals surface area contributed by atoms with Crippen molar-refractivity contribution in [2.45, 2.75) is 40.0 Å². The number of aliphatic hydroxyl groups excluding tert-OH is 1. The van der Waals surface area contributed by atoms with Crippen LogP contribution in [0.1, 0.15) is 40.0 Å². The standard InChI is InChI=1S/C15H22N2O2/c1-6-10(2)14(16-5)17-9-11-12(18)7-15(3,4)8-13(11)19/h9,18H,2,6-8H2,1,3-5H3. The van der Waals surface area contributed by atoms with Gasteiger partial charge in [-0.1, -0.05) is 27.4 Å². The van der Waals surface area contributed by atoms with Gasteiger partial charge in [-0.2, -0.15) is 0 Å². The number of rotatable bonds is 3. The Hall–Kier alpha value is -1.71. The molecule has 0 atom stereocenters. The summed E-state index contributed by atoms with van der Waals surface area (Å²) in [6.45, 7) is 9.76. The van der Waals surface area contributed by atoms with Crippen molar-refractivity contribution in [2.24, 2.45) is 15.4 Å². The van der Waals surface area contributed by atoms with E-state index in [9.17, 15) is 9.90 Å². The summed E-state index contributed by atoms with van der Waals surface area (Å²) in [5, 5.41) is 9.96. The number of carbonyl (C=O) groups is 1. The quantitative estimate of drug-likeness (QED) is 0.627. The zero-order chi connectivity index (χ0) is 14.6. The Morgan fingerprint density at radius 1 is 1.47 bits per heavy atom. The summed E-state index contributed by atoms with van der Waals surface area (Å²) in [5.74, 6) is 0.554. The minimum atomic E-state index is -0.187. The fraction of sp³-hybridized carbons (Fsp3) is 0.533. The van der Waals surface area contributed by atoms with Crippen LogP contribution >= 0.6 is 0 Å². The fourth-order valence-corrected chi connectivity index (χ4v) is 2.04. The van der Waals surface area contributed by atoms with Crippen molar-refractivity contribution in [3.05, 3.63) is 23.5 Å². The third kappa shape index (κ3) is 3.88. The van der Waals surface area contributed by atoms with E-state index in [1.807, 2.05) is 20.8 Å². The van der Waals surface area contributed by atoms with E-state index in [4.69, 9.17) is 0 Å². The lowest BCUT2D eigenvalue weighted by Gasteiger charge is -2.28. The van der Waals surface area contributed by atoms with Crippen molar-refractivity contribution >= 4 is 17.8 Å². The number of Topliss-reactive ketones (excluding diaryl/α,β-unsaturated/α-hetero) is 1. The van der Waals surface area contributed by atoms with Gasteiger partial charge in [0.2, 0.25) is 0 Å². The van der Waals surface area contributed by atoms with E-state index in [0.717, 1.165) is 12.0 Å². The zero-order valence-electron chi connectivity index (χ0n) is 12.2. The molecule has 0 spiro atoms. The summed E-state index contributed by atoms with van der Waals surface area (Å²) in [6.07, 6.45) is 3.07. The van der Waals surface area contributed by atoms with Crippen LogP contribution in [0.2, 0.25) is 0 Å². The van der Waals surface area contributed by atoms with Crippen LogP contribution in [0.5, 0.6) is 0 Å². The average Bonchev–Trinajstić information content (AvgIpc) is 2.30. The van der Waals surface area contributed by atoms with Gasteiger partial charge in [0.25, 0.3) is 0 Å². The molecule has 19 heavy (non-hydrogen) atoms. The first-order valence-electron chi connectivity index (χ1n) is 6.45. The van der Waals surface area contributed by atoms with E-state index in [1.165, 1.54) is 6.21 Å². The highest BCUT2D eigenvalue weighted by molar-refractivity contribution is 6.17. The number of hydrogen-bond donors (Lipinski definition) is 1. The number of ketones is 1. The molecule has 1 aliphatic carbocycles. The molecule has 0 aromatic carbocycles. The van der Waals surface area contributed by atoms with Crippen LogP contribution < -0.4 is 0 Å². The van der Waals surface area contributed by atoms with Crippen LogP contribution in [0.3, 0.4) is 0 Å². The van der Waals surface area contributed by atoms with Gasteiger partial charge in [-0.15, -0.1) is 0 Å². The third-order valence-corrected chi connectivity index (χ3v) is 3.17. The molecule has 0 bridgehead atoms. The number of carbonyl (C=O) groups excluding carboxylic acids is 1. The summed E-state index contributed by atoms with van der Waals surface area (Å²) in [6, 6.07) is 0. The van der Waals surface area contributed by atoms with Gasteiger partial charge in [0.1, 0.15) is 11.6 Å². The highest BCUT2D eigenvalue weighted by Gasteiger charge is 2.32. The molecule has 0 aliphatic heterocycles. The predicted octanol–water partition coefficient (Wildman–Crippen LogP) is 3.25. The lowest BCUT2D eigenvalue weighted by molar-refractivity contribution is -0.117. The van der Waals surface area contributed by atoms with Crippen LogP contribution in [-0.4, -0.2) is 30.0 Å². The molecular weight excluding hydrogens is 240 g/mol. The van der Waals surface area contributed by atoms with Crippen molar-refractivity contribution in [3.63, 3.8) is 0 Å². The smallest absolute Gasteiger partial charge is 0.168 e. The topological polar surface area (TPSA) is 62.0 Å². The van der Waals surface area contributed by atoms with Gasteiger partial charge in [0.05, 0.1) is 5.57 Å². The fourth-order valence-electron chi connectivity index (χ4n) is 2.04. The van der Waals surface area contributed by atoms with Crippen molar-refractivity contribution in [1.82, 2.24) is 0 Å². The van der Waals surface area contributed by atoms with Crippen molar-refractivity contribution < 1.29 is 9.90 Å².